The minimum absolute atomic E-state index is 0.0793. The zero-order valence-corrected chi connectivity index (χ0v) is 24.1. The summed E-state index contributed by atoms with van der Waals surface area (Å²) >= 11 is 0. The molecule has 4 heterocycles. The quantitative estimate of drug-likeness (QED) is 0.171. The van der Waals surface area contributed by atoms with E-state index in [2.05, 4.69) is 15.0 Å². The summed E-state index contributed by atoms with van der Waals surface area (Å²) in [4.78, 5) is 29.6. The first-order valence-electron chi connectivity index (χ1n) is 14.2. The number of pyridine rings is 1. The number of rotatable bonds is 7. The van der Waals surface area contributed by atoms with Gasteiger partial charge in [0.05, 0.1) is 11.4 Å². The maximum atomic E-state index is 12.7. The lowest BCUT2D eigenvalue weighted by molar-refractivity contribution is -0.125. The van der Waals surface area contributed by atoms with E-state index in [0.717, 1.165) is 38.0 Å². The minimum Gasteiger partial charge on any atom is -0.419 e. The fraction of sp³-hybridized carbons (Fsp3) is 0.323. The van der Waals surface area contributed by atoms with Gasteiger partial charge in [0, 0.05) is 43.0 Å². The van der Waals surface area contributed by atoms with Crippen molar-refractivity contribution in [1.82, 2.24) is 34.5 Å². The highest BCUT2D eigenvalue weighted by molar-refractivity contribution is 6.04. The first-order valence-corrected chi connectivity index (χ1v) is 14.2. The predicted octanol–water partition coefficient (Wildman–Crippen LogP) is 3.37. The molecule has 1 aliphatic heterocycles. The first kappa shape index (κ1) is 28.2. The van der Waals surface area contributed by atoms with Gasteiger partial charge in [-0.15, -0.1) is 0 Å². The number of hydrogen-bond donors (Lipinski definition) is 3. The molecule has 12 heteroatoms. The number of nitrogens with one attached hydrogen (secondary N) is 2. The number of aromatic nitrogens is 5. The lowest BCUT2D eigenvalue weighted by Crippen LogP contribution is -2.28. The monoisotopic (exact) mass is 578 g/mol. The SMILES string of the molecule is CN(C)C/C=C/C(=O)N1CC2CC(n3nc(-c4ccc(C(=N)OC(=N)c5ccccn5)cc4)c4c(N)ncnc43)CC2C1. The number of anilines is 1. The van der Waals surface area contributed by atoms with Crippen molar-refractivity contribution >= 4 is 34.6 Å². The Morgan fingerprint density at radius 2 is 1.79 bits per heavy atom. The second kappa shape index (κ2) is 11.7. The molecule has 0 radical (unpaired) electrons. The van der Waals surface area contributed by atoms with Crippen molar-refractivity contribution in [2.24, 2.45) is 11.8 Å². The van der Waals surface area contributed by atoms with Gasteiger partial charge in [-0.25, -0.2) is 14.6 Å². The topological polar surface area (TPSA) is 163 Å². The van der Waals surface area contributed by atoms with Gasteiger partial charge in [0.2, 0.25) is 17.7 Å². The van der Waals surface area contributed by atoms with Gasteiger partial charge in [-0.2, -0.15) is 5.10 Å². The van der Waals surface area contributed by atoms with Crippen molar-refractivity contribution in [1.29, 1.82) is 10.8 Å². The molecule has 1 amide bonds. The number of ether oxygens (including phenoxy) is 1. The third-order valence-electron chi connectivity index (χ3n) is 8.15. The largest absolute Gasteiger partial charge is 0.419 e. The molecule has 4 aromatic rings. The van der Waals surface area contributed by atoms with Crippen LogP contribution in [0.25, 0.3) is 22.3 Å². The standard InChI is InChI=1S/C31H34N10O2/c1-39(2)13-5-7-25(42)40-16-21-14-23(15-22(21)17-40)41-31-26(28(32)36-18-37-31)27(38-41)19-8-10-20(11-9-19)29(33)43-30(34)24-6-3-4-12-35-24/h3-12,18,21-23,33-34H,13-17H2,1-2H3,(H2,32,36,37)/b7-5+,33-29?,34-30?. The lowest BCUT2D eigenvalue weighted by Gasteiger charge is -2.18. The molecule has 1 saturated heterocycles. The smallest absolute Gasteiger partial charge is 0.246 e. The Bertz CT molecular complexity index is 1680. The lowest BCUT2D eigenvalue weighted by atomic mass is 10.0. The Morgan fingerprint density at radius 3 is 2.47 bits per heavy atom. The molecule has 43 heavy (non-hydrogen) atoms. The van der Waals surface area contributed by atoms with Gasteiger partial charge < -0.3 is 20.3 Å². The van der Waals surface area contributed by atoms with Gasteiger partial charge in [-0.05, 0) is 63.0 Å². The number of nitrogens with zero attached hydrogens (tertiary/aromatic N) is 7. The summed E-state index contributed by atoms with van der Waals surface area (Å²) in [6.07, 6.45) is 8.46. The van der Waals surface area contributed by atoms with Crippen LogP contribution in [0.1, 0.15) is 30.1 Å². The van der Waals surface area contributed by atoms with E-state index in [0.29, 0.717) is 45.6 Å². The molecule has 2 fully saturated rings. The summed E-state index contributed by atoms with van der Waals surface area (Å²) in [6.45, 7) is 2.25. The maximum Gasteiger partial charge on any atom is 0.246 e. The molecule has 6 rings (SSSR count). The summed E-state index contributed by atoms with van der Waals surface area (Å²) in [6, 6.07) is 12.5. The molecule has 2 atom stereocenters. The number of amides is 1. The fourth-order valence-corrected chi connectivity index (χ4v) is 6.06. The number of likely N-dealkylation sites (N-methyl/N-ethyl adjacent to an activating group) is 1. The molecule has 4 N–H and O–H groups in total. The Morgan fingerprint density at radius 1 is 1.05 bits per heavy atom. The Kier molecular flexibility index (Phi) is 7.68. The average Bonchev–Trinajstić information content (AvgIpc) is 3.70. The van der Waals surface area contributed by atoms with Crippen LogP contribution < -0.4 is 5.73 Å². The predicted molar refractivity (Wildman–Crippen MR) is 164 cm³/mol. The van der Waals surface area contributed by atoms with Gasteiger partial charge in [0.25, 0.3) is 0 Å². The van der Waals surface area contributed by atoms with Crippen LogP contribution >= 0.6 is 0 Å². The van der Waals surface area contributed by atoms with E-state index in [-0.39, 0.29) is 23.7 Å². The van der Waals surface area contributed by atoms with E-state index in [1.54, 1.807) is 42.6 Å². The Hall–Kier alpha value is -4.97. The van der Waals surface area contributed by atoms with Crippen molar-refractivity contribution in [3.8, 4) is 11.3 Å². The normalized spacial score (nSPS) is 19.8. The summed E-state index contributed by atoms with van der Waals surface area (Å²) in [7, 11) is 3.96. The zero-order valence-electron chi connectivity index (χ0n) is 24.1. The second-order valence-electron chi connectivity index (χ2n) is 11.4. The Balaban J connectivity index is 1.19. The van der Waals surface area contributed by atoms with E-state index in [4.69, 9.17) is 26.4 Å². The fourth-order valence-electron chi connectivity index (χ4n) is 6.06. The van der Waals surface area contributed by atoms with Gasteiger partial charge >= 0.3 is 0 Å². The molecule has 220 valence electrons. The summed E-state index contributed by atoms with van der Waals surface area (Å²) in [5.74, 6) is 0.907. The number of likely N-dealkylation sites (tertiary alicyclic amines) is 1. The van der Waals surface area contributed by atoms with E-state index in [9.17, 15) is 4.79 Å². The summed E-state index contributed by atoms with van der Waals surface area (Å²) in [5.41, 5.74) is 9.39. The molecule has 3 aromatic heterocycles. The van der Waals surface area contributed by atoms with E-state index in [1.165, 1.54) is 6.33 Å². The van der Waals surface area contributed by atoms with Gasteiger partial charge in [-0.3, -0.25) is 20.6 Å². The van der Waals surface area contributed by atoms with Crippen LogP contribution in [-0.2, 0) is 9.53 Å². The first-order chi connectivity index (χ1) is 20.8. The highest BCUT2D eigenvalue weighted by Gasteiger charge is 2.43. The van der Waals surface area contributed by atoms with E-state index in [1.807, 2.05) is 46.8 Å². The molecule has 12 nitrogen and oxygen atoms in total. The Labute approximate surface area is 249 Å². The molecule has 2 unspecified atom stereocenters. The molecule has 1 aliphatic carbocycles. The third kappa shape index (κ3) is 5.73. The third-order valence-corrected chi connectivity index (χ3v) is 8.15. The summed E-state index contributed by atoms with van der Waals surface area (Å²) < 4.78 is 7.41. The number of fused-ring (bicyclic) bond motifs is 2. The number of hydrogen-bond acceptors (Lipinski definition) is 10. The zero-order chi connectivity index (χ0) is 30.1. The van der Waals surface area contributed by atoms with Gasteiger partial charge in [0.1, 0.15) is 23.5 Å². The van der Waals surface area contributed by atoms with Crippen LogP contribution in [0.4, 0.5) is 5.82 Å². The minimum atomic E-state index is -0.195. The molecule has 0 bridgehead atoms. The van der Waals surface area contributed by atoms with Crippen LogP contribution in [0.2, 0.25) is 0 Å². The number of carbonyl (C=O) groups excluding carboxylic acids is 1. The average molecular weight is 579 g/mol. The van der Waals surface area contributed by atoms with Crippen LogP contribution in [0.3, 0.4) is 0 Å². The van der Waals surface area contributed by atoms with Crippen LogP contribution in [0.5, 0.6) is 0 Å². The maximum absolute atomic E-state index is 12.7. The van der Waals surface area contributed by atoms with Crippen molar-refractivity contribution in [3.63, 3.8) is 0 Å². The number of benzene rings is 1. The molecule has 1 saturated carbocycles. The number of carbonyl (C=O) groups is 1. The van der Waals surface area contributed by atoms with Gasteiger partial charge in [-0.1, -0.05) is 24.3 Å². The highest BCUT2D eigenvalue weighted by atomic mass is 16.5. The molecular formula is C31H34N10O2. The van der Waals surface area contributed by atoms with Crippen LogP contribution in [-0.4, -0.2) is 86.0 Å². The van der Waals surface area contributed by atoms with Crippen LogP contribution in [0.15, 0.2) is 67.1 Å². The molecule has 2 aliphatic rings. The van der Waals surface area contributed by atoms with Crippen molar-refractivity contribution < 1.29 is 9.53 Å². The highest BCUT2D eigenvalue weighted by Crippen LogP contribution is 2.45. The molecular weight excluding hydrogens is 544 g/mol. The van der Waals surface area contributed by atoms with Gasteiger partial charge in [0.15, 0.2) is 5.65 Å². The van der Waals surface area contributed by atoms with Crippen molar-refractivity contribution in [3.05, 3.63) is 78.4 Å². The van der Waals surface area contributed by atoms with E-state index < -0.39 is 0 Å². The summed E-state index contributed by atoms with van der Waals surface area (Å²) in [5, 5.41) is 22.2. The van der Waals surface area contributed by atoms with Crippen molar-refractivity contribution in [2.75, 3.05) is 39.5 Å². The number of nitrogens with two attached hydrogens (primary N) is 1. The number of nitrogen functional groups attached to an aromatic ring is 1. The second-order valence-corrected chi connectivity index (χ2v) is 11.4. The van der Waals surface area contributed by atoms with Crippen LogP contribution in [0, 0.1) is 22.7 Å². The van der Waals surface area contributed by atoms with Crippen molar-refractivity contribution in [2.45, 2.75) is 18.9 Å². The molecule has 1 aromatic carbocycles. The molecule has 0 spiro atoms. The van der Waals surface area contributed by atoms with E-state index >= 15 is 0 Å².